The number of nitrogens with one attached hydrogen (secondary N) is 1. The summed E-state index contributed by atoms with van der Waals surface area (Å²) >= 11 is 7.13. The number of benzene rings is 2. The Balaban J connectivity index is 1.56. The number of nitrogens with zero attached hydrogens (tertiary/aromatic N) is 2. The number of carbonyl (C=O) groups is 1. The summed E-state index contributed by atoms with van der Waals surface area (Å²) < 4.78 is 10.8. The van der Waals surface area contributed by atoms with Crippen molar-refractivity contribution in [3.05, 3.63) is 65.0 Å². The number of aromatic nitrogens is 2. The molecule has 0 aliphatic rings. The van der Waals surface area contributed by atoms with Crippen LogP contribution in [0.3, 0.4) is 0 Å². The van der Waals surface area contributed by atoms with Gasteiger partial charge < -0.3 is 14.5 Å². The molecule has 0 unspecified atom stereocenters. The summed E-state index contributed by atoms with van der Waals surface area (Å²) in [6.45, 7) is 1.78. The highest BCUT2D eigenvalue weighted by atomic mass is 35.5. The van der Waals surface area contributed by atoms with Crippen molar-refractivity contribution in [1.29, 1.82) is 0 Å². The van der Waals surface area contributed by atoms with Crippen LogP contribution in [-0.2, 0) is 11.2 Å². The van der Waals surface area contributed by atoms with E-state index in [1.165, 1.54) is 11.8 Å². The van der Waals surface area contributed by atoms with Crippen LogP contribution in [0.15, 0.2) is 58.2 Å². The lowest BCUT2D eigenvalue weighted by Gasteiger charge is -2.10. The molecule has 1 atom stereocenters. The van der Waals surface area contributed by atoms with Crippen LogP contribution in [0, 0.1) is 0 Å². The lowest BCUT2D eigenvalue weighted by atomic mass is 10.1. The lowest BCUT2D eigenvalue weighted by molar-refractivity contribution is -0.115. The Bertz CT molecular complexity index is 915. The molecule has 0 fully saturated rings. The number of thioether (sulfide) groups is 1. The summed E-state index contributed by atoms with van der Waals surface area (Å²) in [6.07, 6.45) is 0.515. The number of ether oxygens (including phenoxy) is 1. The Kier molecular flexibility index (Phi) is 6.36. The fourth-order valence-electron chi connectivity index (χ4n) is 2.29. The second-order valence-electron chi connectivity index (χ2n) is 5.75. The quantitative estimate of drug-likeness (QED) is 0.587. The summed E-state index contributed by atoms with van der Waals surface area (Å²) in [5.74, 6) is 1.11. The average molecular weight is 404 g/mol. The predicted molar refractivity (Wildman–Crippen MR) is 105 cm³/mol. The summed E-state index contributed by atoms with van der Waals surface area (Å²) in [4.78, 5) is 12.3. The number of amides is 1. The third-order valence-corrected chi connectivity index (χ3v) is 4.87. The van der Waals surface area contributed by atoms with E-state index >= 15 is 0 Å². The van der Waals surface area contributed by atoms with E-state index in [1.54, 1.807) is 38.3 Å². The van der Waals surface area contributed by atoms with E-state index in [0.29, 0.717) is 28.2 Å². The normalized spacial score (nSPS) is 11.8. The van der Waals surface area contributed by atoms with Crippen LogP contribution >= 0.6 is 23.4 Å². The largest absolute Gasteiger partial charge is 0.497 e. The van der Waals surface area contributed by atoms with Gasteiger partial charge in [0, 0.05) is 10.7 Å². The van der Waals surface area contributed by atoms with E-state index in [9.17, 15) is 4.79 Å². The molecule has 0 spiro atoms. The minimum absolute atomic E-state index is 0.169. The molecular formula is C19H18ClN3O3S. The zero-order chi connectivity index (χ0) is 19.2. The molecule has 0 bridgehead atoms. The molecule has 6 nitrogen and oxygen atoms in total. The summed E-state index contributed by atoms with van der Waals surface area (Å²) in [5, 5.41) is 11.4. The maximum absolute atomic E-state index is 12.3. The topological polar surface area (TPSA) is 77.2 Å². The number of carbonyl (C=O) groups excluding carboxylic acids is 1. The van der Waals surface area contributed by atoms with Gasteiger partial charge in [-0.3, -0.25) is 4.79 Å². The van der Waals surface area contributed by atoms with Crippen LogP contribution in [0.25, 0.3) is 0 Å². The van der Waals surface area contributed by atoms with Crippen molar-refractivity contribution in [3.63, 3.8) is 0 Å². The van der Waals surface area contributed by atoms with Crippen LogP contribution in [0.1, 0.15) is 18.4 Å². The molecule has 1 heterocycles. The molecule has 8 heteroatoms. The molecule has 140 valence electrons. The summed E-state index contributed by atoms with van der Waals surface area (Å²) in [6, 6.07) is 14.6. The van der Waals surface area contributed by atoms with Crippen molar-refractivity contribution in [2.75, 3.05) is 12.4 Å². The minimum atomic E-state index is -0.404. The molecule has 1 N–H and O–H groups in total. The van der Waals surface area contributed by atoms with E-state index < -0.39 is 5.25 Å². The summed E-state index contributed by atoms with van der Waals surface area (Å²) in [7, 11) is 1.63. The van der Waals surface area contributed by atoms with Crippen LogP contribution < -0.4 is 10.1 Å². The minimum Gasteiger partial charge on any atom is -0.497 e. The molecule has 0 saturated heterocycles. The Morgan fingerprint density at radius 2 is 2.04 bits per heavy atom. The SMILES string of the molecule is COc1ccc(Cc2nnc(S[C@H](C)C(=O)Nc3cccc(Cl)c3)o2)cc1. The lowest BCUT2D eigenvalue weighted by Crippen LogP contribution is -2.22. The van der Waals surface area contributed by atoms with Crippen molar-refractivity contribution >= 4 is 35.0 Å². The van der Waals surface area contributed by atoms with Crippen molar-refractivity contribution < 1.29 is 13.9 Å². The van der Waals surface area contributed by atoms with E-state index in [0.717, 1.165) is 11.3 Å². The maximum atomic E-state index is 12.3. The van der Waals surface area contributed by atoms with Gasteiger partial charge in [0.2, 0.25) is 11.8 Å². The first-order valence-corrected chi connectivity index (χ1v) is 9.47. The highest BCUT2D eigenvalue weighted by Gasteiger charge is 2.18. The number of halogens is 1. The van der Waals surface area contributed by atoms with Gasteiger partial charge in [-0.25, -0.2) is 0 Å². The van der Waals surface area contributed by atoms with Gasteiger partial charge in [0.1, 0.15) is 5.75 Å². The van der Waals surface area contributed by atoms with Crippen LogP contribution in [-0.4, -0.2) is 28.5 Å². The van der Waals surface area contributed by atoms with Crippen molar-refractivity contribution in [2.45, 2.75) is 23.8 Å². The Morgan fingerprint density at radius 3 is 2.74 bits per heavy atom. The van der Waals surface area contributed by atoms with Crippen molar-refractivity contribution in [3.8, 4) is 5.75 Å². The van der Waals surface area contributed by atoms with Gasteiger partial charge in [0.15, 0.2) is 0 Å². The average Bonchev–Trinajstić information content (AvgIpc) is 3.09. The van der Waals surface area contributed by atoms with E-state index in [2.05, 4.69) is 15.5 Å². The van der Waals surface area contributed by atoms with Crippen LogP contribution in [0.2, 0.25) is 5.02 Å². The number of hydrogen-bond acceptors (Lipinski definition) is 6. The molecule has 1 amide bonds. The number of anilines is 1. The van der Waals surface area contributed by atoms with E-state index in [4.69, 9.17) is 20.8 Å². The van der Waals surface area contributed by atoms with Gasteiger partial charge in [-0.1, -0.05) is 41.6 Å². The molecule has 1 aromatic heterocycles. The second-order valence-corrected chi connectivity index (χ2v) is 7.47. The van der Waals surface area contributed by atoms with E-state index in [-0.39, 0.29) is 5.91 Å². The summed E-state index contributed by atoms with van der Waals surface area (Å²) in [5.41, 5.74) is 1.67. The molecule has 3 rings (SSSR count). The van der Waals surface area contributed by atoms with Gasteiger partial charge in [0.25, 0.3) is 5.22 Å². The van der Waals surface area contributed by atoms with Crippen molar-refractivity contribution in [1.82, 2.24) is 10.2 Å². The molecule has 2 aromatic carbocycles. The predicted octanol–water partition coefficient (Wildman–Crippen LogP) is 4.44. The van der Waals surface area contributed by atoms with Gasteiger partial charge in [-0.15, -0.1) is 10.2 Å². The van der Waals surface area contributed by atoms with Crippen LogP contribution in [0.4, 0.5) is 5.69 Å². The Morgan fingerprint density at radius 1 is 1.26 bits per heavy atom. The highest BCUT2D eigenvalue weighted by molar-refractivity contribution is 8.00. The molecule has 0 saturated carbocycles. The van der Waals surface area contributed by atoms with Gasteiger partial charge in [0.05, 0.1) is 18.8 Å². The molecule has 0 aliphatic heterocycles. The van der Waals surface area contributed by atoms with E-state index in [1.807, 2.05) is 24.3 Å². The molecule has 3 aromatic rings. The monoisotopic (exact) mass is 403 g/mol. The zero-order valence-electron chi connectivity index (χ0n) is 14.8. The standard InChI is InChI=1S/C19H18ClN3O3S/c1-12(18(24)21-15-5-3-4-14(20)11-15)27-19-23-22-17(26-19)10-13-6-8-16(25-2)9-7-13/h3-9,11-12H,10H2,1-2H3,(H,21,24)/t12-/m1/s1. The molecular weight excluding hydrogens is 386 g/mol. The Hall–Kier alpha value is -2.51. The molecule has 0 radical (unpaired) electrons. The molecule has 27 heavy (non-hydrogen) atoms. The van der Waals surface area contributed by atoms with Gasteiger partial charge in [-0.05, 0) is 42.8 Å². The first-order chi connectivity index (χ1) is 13.0. The first kappa shape index (κ1) is 19.3. The maximum Gasteiger partial charge on any atom is 0.277 e. The van der Waals surface area contributed by atoms with Crippen LogP contribution in [0.5, 0.6) is 5.75 Å². The first-order valence-electron chi connectivity index (χ1n) is 8.22. The van der Waals surface area contributed by atoms with Gasteiger partial charge in [-0.2, -0.15) is 0 Å². The number of hydrogen-bond donors (Lipinski definition) is 1. The fraction of sp³-hybridized carbons (Fsp3) is 0.211. The zero-order valence-corrected chi connectivity index (χ0v) is 16.4. The van der Waals surface area contributed by atoms with Gasteiger partial charge >= 0.3 is 0 Å². The van der Waals surface area contributed by atoms with Crippen molar-refractivity contribution in [2.24, 2.45) is 0 Å². The Labute approximate surface area is 166 Å². The third kappa shape index (κ3) is 5.48. The molecule has 0 aliphatic carbocycles. The second kappa shape index (κ2) is 8.92. The fourth-order valence-corrected chi connectivity index (χ4v) is 3.18. The highest BCUT2D eigenvalue weighted by Crippen LogP contribution is 2.24. The number of methoxy groups -OCH3 is 1. The number of rotatable bonds is 7. The smallest absolute Gasteiger partial charge is 0.277 e. The third-order valence-electron chi connectivity index (χ3n) is 3.70.